The number of carbonyl (C=O) groups excluding carboxylic acids is 1. The fraction of sp³-hybridized carbons (Fsp3) is 0.320. The van der Waals surface area contributed by atoms with Crippen molar-refractivity contribution in [2.24, 2.45) is 0 Å². The molecule has 0 saturated heterocycles. The van der Waals surface area contributed by atoms with Crippen LogP contribution in [0.5, 0.6) is 5.75 Å². The first-order chi connectivity index (χ1) is 16.7. The van der Waals surface area contributed by atoms with Gasteiger partial charge in [0.25, 0.3) is 0 Å². The standard InChI is InChI=1S/C15H14Cl2N2O3.C10H13ClN2O/c1-5-6-21-12-8-11(9(16)7-10(12)17)19-14(20)22-13(18-19)15(2,3)4;1-7-4-5-8(6-9(7)11)12-10(14)13(2)3/h1,7-8H,6H2,2-4H3;4-6H,1-3H3,(H,12,14). The van der Waals surface area contributed by atoms with Gasteiger partial charge < -0.3 is 19.4 Å². The molecule has 0 fully saturated rings. The Hall–Kier alpha value is -3.12. The van der Waals surface area contributed by atoms with E-state index in [0.29, 0.717) is 28.0 Å². The molecule has 0 aliphatic carbocycles. The Bertz CT molecular complexity index is 1330. The maximum absolute atomic E-state index is 12.0. The number of aromatic nitrogens is 2. The number of nitrogens with one attached hydrogen (secondary N) is 1. The third kappa shape index (κ3) is 7.69. The third-order valence-corrected chi connectivity index (χ3v) is 5.56. The van der Waals surface area contributed by atoms with E-state index in [0.717, 1.165) is 10.2 Å². The predicted molar refractivity (Wildman–Crippen MR) is 144 cm³/mol. The van der Waals surface area contributed by atoms with Crippen LogP contribution >= 0.6 is 34.8 Å². The van der Waals surface area contributed by atoms with Gasteiger partial charge in [-0.25, -0.2) is 9.59 Å². The Morgan fingerprint density at radius 1 is 1.17 bits per heavy atom. The zero-order valence-electron chi connectivity index (χ0n) is 20.8. The van der Waals surface area contributed by atoms with Crippen LogP contribution in [0.4, 0.5) is 10.5 Å². The summed E-state index contributed by atoms with van der Waals surface area (Å²) in [6.45, 7) is 7.61. The lowest BCUT2D eigenvalue weighted by molar-refractivity contribution is 0.230. The molecule has 0 aliphatic rings. The Labute approximate surface area is 225 Å². The molecule has 1 N–H and O–H groups in total. The van der Waals surface area contributed by atoms with E-state index in [-0.39, 0.29) is 22.7 Å². The number of ether oxygens (including phenoxy) is 1. The molecule has 0 atom stereocenters. The minimum Gasteiger partial charge on any atom is -0.479 e. The van der Waals surface area contributed by atoms with Crippen molar-refractivity contribution in [1.29, 1.82) is 0 Å². The first-order valence-electron chi connectivity index (χ1n) is 10.7. The molecule has 0 unspecified atom stereocenters. The molecular weight excluding hydrogens is 527 g/mol. The molecule has 2 amide bonds. The summed E-state index contributed by atoms with van der Waals surface area (Å²) < 4.78 is 11.6. The van der Waals surface area contributed by atoms with Gasteiger partial charge in [-0.1, -0.05) is 67.6 Å². The molecule has 8 nitrogen and oxygen atoms in total. The highest BCUT2D eigenvalue weighted by molar-refractivity contribution is 6.36. The number of rotatable bonds is 4. The number of benzene rings is 2. The Kier molecular flexibility index (Phi) is 9.88. The van der Waals surface area contributed by atoms with Gasteiger partial charge in [-0.3, -0.25) is 0 Å². The van der Waals surface area contributed by atoms with Gasteiger partial charge in [-0.15, -0.1) is 11.5 Å². The average molecular weight is 554 g/mol. The number of terminal acetylenes is 1. The fourth-order valence-electron chi connectivity index (χ4n) is 2.55. The summed E-state index contributed by atoms with van der Waals surface area (Å²) in [4.78, 5) is 24.8. The normalized spacial score (nSPS) is 10.7. The number of hydrogen-bond acceptors (Lipinski definition) is 5. The van der Waals surface area contributed by atoms with Crippen molar-refractivity contribution < 1.29 is 13.9 Å². The van der Waals surface area contributed by atoms with Crippen LogP contribution in [-0.2, 0) is 5.41 Å². The molecular formula is C25H27Cl3N4O4. The van der Waals surface area contributed by atoms with Crippen molar-refractivity contribution >= 4 is 46.5 Å². The highest BCUT2D eigenvalue weighted by Gasteiger charge is 2.24. The minimum atomic E-state index is -0.642. The molecule has 0 saturated carbocycles. The molecule has 0 spiro atoms. The second-order valence-corrected chi connectivity index (χ2v) is 10.1. The zero-order chi connectivity index (χ0) is 27.2. The van der Waals surface area contributed by atoms with Crippen LogP contribution in [0.3, 0.4) is 0 Å². The van der Waals surface area contributed by atoms with Crippen molar-refractivity contribution in [3.05, 3.63) is 67.4 Å². The topological polar surface area (TPSA) is 89.6 Å². The number of carbonyl (C=O) groups is 1. The Morgan fingerprint density at radius 3 is 2.36 bits per heavy atom. The van der Waals surface area contributed by atoms with E-state index < -0.39 is 11.2 Å². The van der Waals surface area contributed by atoms with Gasteiger partial charge in [0.15, 0.2) is 0 Å². The Balaban J connectivity index is 0.000000281. The summed E-state index contributed by atoms with van der Waals surface area (Å²) in [7, 11) is 3.37. The van der Waals surface area contributed by atoms with Crippen LogP contribution in [0.15, 0.2) is 39.5 Å². The van der Waals surface area contributed by atoms with Gasteiger partial charge >= 0.3 is 11.8 Å². The molecule has 1 aromatic heterocycles. The summed E-state index contributed by atoms with van der Waals surface area (Å²) in [6, 6.07) is 8.22. The van der Waals surface area contributed by atoms with E-state index in [9.17, 15) is 9.59 Å². The minimum absolute atomic E-state index is 0.0434. The quantitative estimate of drug-likeness (QED) is 0.390. The molecule has 192 valence electrons. The monoisotopic (exact) mass is 552 g/mol. The van der Waals surface area contributed by atoms with Crippen LogP contribution in [0.1, 0.15) is 32.2 Å². The van der Waals surface area contributed by atoms with Gasteiger partial charge in [-0.05, 0) is 30.7 Å². The van der Waals surface area contributed by atoms with Crippen LogP contribution < -0.4 is 15.8 Å². The summed E-state index contributed by atoms with van der Waals surface area (Å²) in [5.41, 5.74) is 1.60. The van der Waals surface area contributed by atoms with Gasteiger partial charge in [0.05, 0.1) is 15.7 Å². The van der Waals surface area contributed by atoms with E-state index in [1.807, 2.05) is 39.8 Å². The van der Waals surface area contributed by atoms with E-state index in [2.05, 4.69) is 16.3 Å². The summed E-state index contributed by atoms with van der Waals surface area (Å²) in [5.74, 6) is 2.31. The highest BCUT2D eigenvalue weighted by atomic mass is 35.5. The van der Waals surface area contributed by atoms with Crippen LogP contribution in [0.25, 0.3) is 5.69 Å². The van der Waals surface area contributed by atoms with Gasteiger partial charge in [0.1, 0.15) is 12.4 Å². The number of anilines is 1. The number of hydrogen-bond donors (Lipinski definition) is 1. The van der Waals surface area contributed by atoms with Crippen LogP contribution in [0, 0.1) is 19.3 Å². The van der Waals surface area contributed by atoms with Crippen LogP contribution in [0.2, 0.25) is 15.1 Å². The lowest BCUT2D eigenvalue weighted by Gasteiger charge is -2.12. The van der Waals surface area contributed by atoms with Gasteiger partial charge in [0, 0.05) is 36.3 Å². The number of urea groups is 1. The molecule has 1 heterocycles. The lowest BCUT2D eigenvalue weighted by atomic mass is 9.97. The van der Waals surface area contributed by atoms with E-state index >= 15 is 0 Å². The summed E-state index contributed by atoms with van der Waals surface area (Å²) >= 11 is 18.1. The second-order valence-electron chi connectivity index (χ2n) is 8.85. The maximum Gasteiger partial charge on any atom is 0.442 e. The lowest BCUT2D eigenvalue weighted by Crippen LogP contribution is -2.27. The predicted octanol–water partition coefficient (Wildman–Crippen LogP) is 6.18. The number of aryl methyl sites for hydroxylation is 1. The number of nitrogens with zero attached hydrogens (tertiary/aromatic N) is 3. The first kappa shape index (κ1) is 29.1. The second kappa shape index (κ2) is 12.2. The molecule has 3 rings (SSSR count). The molecule has 36 heavy (non-hydrogen) atoms. The smallest absolute Gasteiger partial charge is 0.442 e. The van der Waals surface area contributed by atoms with Crippen molar-refractivity contribution in [3.63, 3.8) is 0 Å². The van der Waals surface area contributed by atoms with Crippen molar-refractivity contribution in [1.82, 2.24) is 14.7 Å². The van der Waals surface area contributed by atoms with Crippen molar-refractivity contribution in [2.75, 3.05) is 26.0 Å². The van der Waals surface area contributed by atoms with Crippen molar-refractivity contribution in [2.45, 2.75) is 33.1 Å². The van der Waals surface area contributed by atoms with E-state index in [1.165, 1.54) is 17.0 Å². The maximum atomic E-state index is 12.0. The van der Waals surface area contributed by atoms with E-state index in [1.54, 1.807) is 20.2 Å². The average Bonchev–Trinajstić information content (AvgIpc) is 3.18. The number of amides is 2. The summed E-state index contributed by atoms with van der Waals surface area (Å²) in [6.07, 6.45) is 5.15. The molecule has 0 radical (unpaired) electrons. The molecule has 0 bridgehead atoms. The fourth-order valence-corrected chi connectivity index (χ4v) is 3.25. The Morgan fingerprint density at radius 2 is 1.83 bits per heavy atom. The van der Waals surface area contributed by atoms with Gasteiger partial charge in [0.2, 0.25) is 5.89 Å². The molecule has 11 heteroatoms. The zero-order valence-corrected chi connectivity index (χ0v) is 23.0. The van der Waals surface area contributed by atoms with Gasteiger partial charge in [-0.2, -0.15) is 4.68 Å². The van der Waals surface area contributed by atoms with Crippen LogP contribution in [-0.4, -0.2) is 41.4 Å². The van der Waals surface area contributed by atoms with E-state index in [4.69, 9.17) is 50.4 Å². The first-order valence-corrected chi connectivity index (χ1v) is 11.8. The van der Waals surface area contributed by atoms with Crippen molar-refractivity contribution in [3.8, 4) is 23.8 Å². The number of halogens is 3. The molecule has 3 aromatic rings. The SMILES string of the molecule is C#CCOc1cc(-n2nc(C(C)(C)C)oc2=O)c(Cl)cc1Cl.Cc1ccc(NC(=O)N(C)C)cc1Cl. The largest absolute Gasteiger partial charge is 0.479 e. The summed E-state index contributed by atoms with van der Waals surface area (Å²) in [5, 5.41) is 8.08. The highest BCUT2D eigenvalue weighted by Crippen LogP contribution is 2.33. The third-order valence-electron chi connectivity index (χ3n) is 4.56. The molecule has 0 aliphatic heterocycles. The molecule has 2 aromatic carbocycles.